The summed E-state index contributed by atoms with van der Waals surface area (Å²) in [6, 6.07) is 21.7. The van der Waals surface area contributed by atoms with Crippen LogP contribution in [0.4, 0.5) is 5.69 Å². The topological polar surface area (TPSA) is 64.4 Å². The minimum Gasteiger partial charge on any atom is -0.489 e. The van der Waals surface area contributed by atoms with E-state index in [9.17, 15) is 4.79 Å². The molecule has 0 fully saturated rings. The van der Waals surface area contributed by atoms with E-state index in [0.29, 0.717) is 17.9 Å². The number of nitrogens with zero attached hydrogens (tertiary/aromatic N) is 1. The average Bonchev–Trinajstić information content (AvgIpc) is 3.31. The van der Waals surface area contributed by atoms with Gasteiger partial charge in [0.25, 0.3) is 5.91 Å². The molecule has 3 aromatic carbocycles. The minimum absolute atomic E-state index is 0.168. The number of anilines is 1. The number of nitrogens with one attached hydrogen (secondary N) is 1. The quantitative estimate of drug-likeness (QED) is 0.404. The molecule has 1 aliphatic rings. The van der Waals surface area contributed by atoms with E-state index in [1.165, 1.54) is 22.3 Å². The van der Waals surface area contributed by atoms with Crippen LogP contribution in [0.3, 0.4) is 0 Å². The standard InChI is InChI=1S/C26H22N2O3/c1-16-25(17(2)31-28-16)15-30-22-8-5-7-19(14-22)26(29)27-21-10-11-24-20(13-21)12-18-6-3-4-9-23(18)24/h3-11,13-14H,12,15H2,1-2H3,(H,27,29). The van der Waals surface area contributed by atoms with E-state index in [0.717, 1.165) is 29.1 Å². The van der Waals surface area contributed by atoms with E-state index in [4.69, 9.17) is 9.26 Å². The number of hydrogen-bond donors (Lipinski definition) is 1. The molecule has 31 heavy (non-hydrogen) atoms. The highest BCUT2D eigenvalue weighted by atomic mass is 16.5. The fraction of sp³-hybridized carbons (Fsp3) is 0.154. The van der Waals surface area contributed by atoms with Crippen molar-refractivity contribution in [1.29, 1.82) is 0 Å². The van der Waals surface area contributed by atoms with E-state index >= 15 is 0 Å². The highest BCUT2D eigenvalue weighted by Gasteiger charge is 2.18. The lowest BCUT2D eigenvalue weighted by molar-refractivity contribution is 0.102. The van der Waals surface area contributed by atoms with Crippen LogP contribution in [0.25, 0.3) is 11.1 Å². The van der Waals surface area contributed by atoms with Crippen LogP contribution in [0.15, 0.2) is 71.3 Å². The minimum atomic E-state index is -0.168. The second-order valence-electron chi connectivity index (χ2n) is 7.78. The first-order valence-electron chi connectivity index (χ1n) is 10.3. The van der Waals surface area contributed by atoms with Crippen molar-refractivity contribution in [3.8, 4) is 16.9 Å². The lowest BCUT2D eigenvalue weighted by Crippen LogP contribution is -2.12. The Balaban J connectivity index is 1.29. The van der Waals surface area contributed by atoms with Crippen LogP contribution in [0.2, 0.25) is 0 Å². The third-order valence-corrected chi connectivity index (χ3v) is 5.71. The van der Waals surface area contributed by atoms with Crippen LogP contribution in [-0.2, 0) is 13.0 Å². The van der Waals surface area contributed by atoms with E-state index in [-0.39, 0.29) is 5.91 Å². The maximum Gasteiger partial charge on any atom is 0.255 e. The number of fused-ring (bicyclic) bond motifs is 3. The Labute approximate surface area is 180 Å². The summed E-state index contributed by atoms with van der Waals surface area (Å²) in [6.45, 7) is 4.09. The zero-order chi connectivity index (χ0) is 21.4. The molecule has 0 aliphatic heterocycles. The number of hydrogen-bond acceptors (Lipinski definition) is 4. The van der Waals surface area contributed by atoms with Crippen molar-refractivity contribution in [1.82, 2.24) is 5.16 Å². The van der Waals surface area contributed by atoms with Gasteiger partial charge in [0, 0.05) is 11.3 Å². The van der Waals surface area contributed by atoms with Crippen molar-refractivity contribution < 1.29 is 14.1 Å². The number of carbonyl (C=O) groups excluding carboxylic acids is 1. The second-order valence-corrected chi connectivity index (χ2v) is 7.78. The SMILES string of the molecule is Cc1noc(C)c1COc1cccc(C(=O)Nc2ccc3c(c2)Cc2ccccc2-3)c1. The van der Waals surface area contributed by atoms with Crippen LogP contribution in [0, 0.1) is 13.8 Å². The molecule has 0 unspecified atom stereocenters. The Morgan fingerprint density at radius 2 is 1.84 bits per heavy atom. The van der Waals surface area contributed by atoms with Crippen molar-refractivity contribution in [2.75, 3.05) is 5.32 Å². The van der Waals surface area contributed by atoms with Gasteiger partial charge in [0.05, 0.1) is 11.3 Å². The molecular formula is C26H22N2O3. The summed E-state index contributed by atoms with van der Waals surface area (Å²) in [6.07, 6.45) is 0.889. The summed E-state index contributed by atoms with van der Waals surface area (Å²) < 4.78 is 11.0. The first-order chi connectivity index (χ1) is 15.1. The summed E-state index contributed by atoms with van der Waals surface area (Å²) in [5, 5.41) is 6.95. The molecule has 1 N–H and O–H groups in total. The van der Waals surface area contributed by atoms with Gasteiger partial charge in [-0.2, -0.15) is 0 Å². The molecule has 0 bridgehead atoms. The smallest absolute Gasteiger partial charge is 0.255 e. The molecule has 1 heterocycles. The number of rotatable bonds is 5. The normalized spacial score (nSPS) is 11.7. The van der Waals surface area contributed by atoms with Crippen LogP contribution in [0.1, 0.15) is 38.5 Å². The third-order valence-electron chi connectivity index (χ3n) is 5.71. The number of carbonyl (C=O) groups is 1. The molecule has 0 radical (unpaired) electrons. The maximum absolute atomic E-state index is 12.8. The molecule has 154 valence electrons. The van der Waals surface area contributed by atoms with Gasteiger partial charge >= 0.3 is 0 Å². The van der Waals surface area contributed by atoms with Gasteiger partial charge in [-0.05, 0) is 72.9 Å². The predicted octanol–water partition coefficient (Wildman–Crippen LogP) is 5.69. The number of benzene rings is 3. The van der Waals surface area contributed by atoms with Gasteiger partial charge in [-0.3, -0.25) is 4.79 Å². The Hall–Kier alpha value is -3.86. The van der Waals surface area contributed by atoms with Crippen molar-refractivity contribution in [2.45, 2.75) is 26.9 Å². The van der Waals surface area contributed by atoms with Gasteiger partial charge in [-0.25, -0.2) is 0 Å². The largest absolute Gasteiger partial charge is 0.489 e. The zero-order valence-electron chi connectivity index (χ0n) is 17.4. The molecule has 1 aliphatic carbocycles. The first kappa shape index (κ1) is 19.1. The fourth-order valence-electron chi connectivity index (χ4n) is 4.02. The van der Waals surface area contributed by atoms with Gasteiger partial charge in [0.15, 0.2) is 0 Å². The molecule has 0 spiro atoms. The van der Waals surface area contributed by atoms with Crippen LogP contribution in [0.5, 0.6) is 5.75 Å². The molecule has 5 rings (SSSR count). The summed E-state index contributed by atoms with van der Waals surface area (Å²) in [5.41, 5.74) is 8.14. The van der Waals surface area contributed by atoms with Gasteiger partial charge in [0.2, 0.25) is 0 Å². The van der Waals surface area contributed by atoms with Gasteiger partial charge in [-0.15, -0.1) is 0 Å². The lowest BCUT2D eigenvalue weighted by Gasteiger charge is -2.10. The van der Waals surface area contributed by atoms with Gasteiger partial charge in [-0.1, -0.05) is 41.6 Å². The summed E-state index contributed by atoms with van der Waals surface area (Å²) >= 11 is 0. The van der Waals surface area contributed by atoms with E-state index in [2.05, 4.69) is 46.9 Å². The number of aromatic nitrogens is 1. The average molecular weight is 410 g/mol. The molecule has 5 nitrogen and oxygen atoms in total. The lowest BCUT2D eigenvalue weighted by atomic mass is 10.1. The molecule has 1 aromatic heterocycles. The highest BCUT2D eigenvalue weighted by molar-refractivity contribution is 6.04. The summed E-state index contributed by atoms with van der Waals surface area (Å²) in [5.74, 6) is 1.19. The molecule has 0 saturated heterocycles. The van der Waals surface area contributed by atoms with Gasteiger partial charge < -0.3 is 14.6 Å². The molecule has 5 heteroatoms. The monoisotopic (exact) mass is 410 g/mol. The van der Waals surface area contributed by atoms with Crippen molar-refractivity contribution in [2.24, 2.45) is 0 Å². The molecule has 4 aromatic rings. The maximum atomic E-state index is 12.8. The van der Waals surface area contributed by atoms with Crippen LogP contribution >= 0.6 is 0 Å². The number of ether oxygens (including phenoxy) is 1. The summed E-state index contributed by atoms with van der Waals surface area (Å²) in [7, 11) is 0. The van der Waals surface area contributed by atoms with E-state index in [1.54, 1.807) is 12.1 Å². The fourth-order valence-corrected chi connectivity index (χ4v) is 4.02. The van der Waals surface area contributed by atoms with E-state index in [1.807, 2.05) is 32.0 Å². The zero-order valence-corrected chi connectivity index (χ0v) is 17.4. The highest BCUT2D eigenvalue weighted by Crippen LogP contribution is 2.37. The van der Waals surface area contributed by atoms with Crippen LogP contribution in [-0.4, -0.2) is 11.1 Å². The summed E-state index contributed by atoms with van der Waals surface area (Å²) in [4.78, 5) is 12.8. The molecule has 0 saturated carbocycles. The van der Waals surface area contributed by atoms with Crippen molar-refractivity contribution in [3.05, 3.63) is 100 Å². The third kappa shape index (κ3) is 3.70. The van der Waals surface area contributed by atoms with Gasteiger partial charge in [0.1, 0.15) is 18.1 Å². The molecule has 0 atom stereocenters. The van der Waals surface area contributed by atoms with Crippen molar-refractivity contribution in [3.63, 3.8) is 0 Å². The first-order valence-corrected chi connectivity index (χ1v) is 10.3. The van der Waals surface area contributed by atoms with Crippen LogP contribution < -0.4 is 10.1 Å². The predicted molar refractivity (Wildman–Crippen MR) is 119 cm³/mol. The second kappa shape index (κ2) is 7.76. The Morgan fingerprint density at radius 1 is 1.00 bits per heavy atom. The van der Waals surface area contributed by atoms with E-state index < -0.39 is 0 Å². The molecule has 1 amide bonds. The Bertz CT molecular complexity index is 1270. The Kier molecular flexibility index (Phi) is 4.79. The number of aryl methyl sites for hydroxylation is 2. The van der Waals surface area contributed by atoms with Crippen molar-refractivity contribution >= 4 is 11.6 Å². The Morgan fingerprint density at radius 3 is 2.68 bits per heavy atom. The number of amides is 1. The molecular weight excluding hydrogens is 388 g/mol.